The molecule has 0 aliphatic rings. The Bertz CT molecular complexity index is 1060. The zero-order chi connectivity index (χ0) is 23.0. The molecule has 0 aliphatic heterocycles. The average molecular weight is 442 g/mol. The summed E-state index contributed by atoms with van der Waals surface area (Å²) in [5, 5.41) is 4.96. The van der Waals surface area contributed by atoms with Crippen LogP contribution in [-0.2, 0) is 5.54 Å². The maximum Gasteiger partial charge on any atom is 0.425 e. The third-order valence-corrected chi connectivity index (χ3v) is 4.66. The van der Waals surface area contributed by atoms with Gasteiger partial charge in [0.05, 0.1) is 16.9 Å². The molecule has 0 unspecified atom stereocenters. The maximum absolute atomic E-state index is 14.2. The van der Waals surface area contributed by atoms with E-state index >= 15 is 0 Å². The fourth-order valence-corrected chi connectivity index (χ4v) is 3.26. The number of aromatic nitrogens is 2. The van der Waals surface area contributed by atoms with E-state index in [-0.39, 0.29) is 11.3 Å². The summed E-state index contributed by atoms with van der Waals surface area (Å²) in [6, 6.07) is 13.7. The van der Waals surface area contributed by atoms with Crippen LogP contribution in [0.15, 0.2) is 60.7 Å². The molecule has 3 N–H and O–H groups in total. The highest BCUT2D eigenvalue weighted by Gasteiger charge is 2.74. The highest BCUT2D eigenvalue weighted by atomic mass is 19.4. The molecule has 0 saturated heterocycles. The van der Waals surface area contributed by atoms with E-state index in [0.717, 1.165) is 23.7 Å². The zero-order valence-electron chi connectivity index (χ0n) is 15.9. The minimum Gasteiger partial charge on any atom is -0.383 e. The summed E-state index contributed by atoms with van der Waals surface area (Å²) in [7, 11) is 0. The summed E-state index contributed by atoms with van der Waals surface area (Å²) >= 11 is 0. The van der Waals surface area contributed by atoms with Gasteiger partial charge in [0.25, 0.3) is 11.4 Å². The molecule has 0 bridgehead atoms. The second-order valence-electron chi connectivity index (χ2n) is 6.66. The predicted molar refractivity (Wildman–Crippen MR) is 100 cm³/mol. The summed E-state index contributed by atoms with van der Waals surface area (Å²) in [4.78, 5) is 12.4. The second kappa shape index (κ2) is 7.64. The highest BCUT2D eigenvalue weighted by Crippen LogP contribution is 2.53. The number of carbonyl (C=O) groups is 1. The summed E-state index contributed by atoms with van der Waals surface area (Å²) in [6.07, 6.45) is -12.0. The van der Waals surface area contributed by atoms with Crippen molar-refractivity contribution in [3.63, 3.8) is 0 Å². The molecule has 0 aliphatic carbocycles. The summed E-state index contributed by atoms with van der Waals surface area (Å²) < 4.78 is 85.8. The largest absolute Gasteiger partial charge is 0.425 e. The molecule has 0 atom stereocenters. The van der Waals surface area contributed by atoms with Crippen molar-refractivity contribution in [2.75, 3.05) is 5.73 Å². The standard InChI is InChI=1S/C20H16F6N4O/c1-12-15(16(27)30(29-12)14-10-6-3-7-11-14)18(19(21,22)23,20(24,25)26)28-17(31)13-8-4-2-5-9-13/h2-11H,27H2,1H3,(H,28,31). The SMILES string of the molecule is Cc1nn(-c2ccccc2)c(N)c1C(NC(=O)c1ccccc1)(C(F)(F)F)C(F)(F)F. The molecular weight excluding hydrogens is 426 g/mol. The molecular formula is C20H16F6N4O. The van der Waals surface area contributed by atoms with Gasteiger partial charge in [0.15, 0.2) is 0 Å². The fraction of sp³-hybridized carbons (Fsp3) is 0.200. The first-order chi connectivity index (χ1) is 14.4. The quantitative estimate of drug-likeness (QED) is 0.584. The van der Waals surface area contributed by atoms with Gasteiger partial charge < -0.3 is 11.1 Å². The van der Waals surface area contributed by atoms with E-state index in [1.165, 1.54) is 47.8 Å². The fourth-order valence-electron chi connectivity index (χ4n) is 3.26. The molecule has 5 nitrogen and oxygen atoms in total. The Morgan fingerprint density at radius 2 is 1.39 bits per heavy atom. The summed E-state index contributed by atoms with van der Waals surface area (Å²) in [5.74, 6) is -2.46. The topological polar surface area (TPSA) is 72.9 Å². The van der Waals surface area contributed by atoms with E-state index in [1.807, 2.05) is 0 Å². The minimum absolute atomic E-state index is 0.155. The van der Waals surface area contributed by atoms with Crippen LogP contribution in [0.3, 0.4) is 0 Å². The molecule has 31 heavy (non-hydrogen) atoms. The van der Waals surface area contributed by atoms with Crippen LogP contribution in [-0.4, -0.2) is 28.0 Å². The van der Waals surface area contributed by atoms with Gasteiger partial charge in [0.2, 0.25) is 0 Å². The molecule has 1 heterocycles. The van der Waals surface area contributed by atoms with E-state index in [2.05, 4.69) is 5.10 Å². The Labute approximate surface area is 172 Å². The Morgan fingerprint density at radius 3 is 1.87 bits per heavy atom. The van der Waals surface area contributed by atoms with Crippen LogP contribution in [0.25, 0.3) is 5.69 Å². The Morgan fingerprint density at radius 1 is 0.903 bits per heavy atom. The molecule has 3 rings (SSSR count). The van der Waals surface area contributed by atoms with Crippen molar-refractivity contribution in [3.05, 3.63) is 77.5 Å². The number of hydrogen-bond donors (Lipinski definition) is 2. The number of anilines is 1. The first kappa shape index (κ1) is 22.2. The number of benzene rings is 2. The van der Waals surface area contributed by atoms with Crippen LogP contribution in [0.4, 0.5) is 32.2 Å². The Balaban J connectivity index is 2.28. The van der Waals surface area contributed by atoms with Gasteiger partial charge >= 0.3 is 12.4 Å². The van der Waals surface area contributed by atoms with Gasteiger partial charge in [0, 0.05) is 5.56 Å². The van der Waals surface area contributed by atoms with Crippen LogP contribution in [0.5, 0.6) is 0 Å². The van der Waals surface area contributed by atoms with Gasteiger partial charge in [-0.15, -0.1) is 0 Å². The first-order valence-electron chi connectivity index (χ1n) is 8.82. The minimum atomic E-state index is -5.99. The first-order valence-corrected chi connectivity index (χ1v) is 8.82. The number of halogens is 6. The number of nitrogen functional groups attached to an aromatic ring is 1. The second-order valence-corrected chi connectivity index (χ2v) is 6.66. The third kappa shape index (κ3) is 3.71. The Kier molecular flexibility index (Phi) is 5.47. The van der Waals surface area contributed by atoms with Gasteiger partial charge in [-0.25, -0.2) is 4.68 Å². The number of carbonyl (C=O) groups excluding carboxylic acids is 1. The van der Waals surface area contributed by atoms with Crippen LogP contribution in [0.1, 0.15) is 21.6 Å². The third-order valence-electron chi connectivity index (χ3n) is 4.66. The van der Waals surface area contributed by atoms with Crippen molar-refractivity contribution >= 4 is 11.7 Å². The molecule has 164 valence electrons. The Hall–Kier alpha value is -3.50. The van der Waals surface area contributed by atoms with Gasteiger partial charge in [0.1, 0.15) is 5.82 Å². The number of para-hydroxylation sites is 1. The van der Waals surface area contributed by atoms with Crippen molar-refractivity contribution in [2.24, 2.45) is 0 Å². The molecule has 2 aromatic carbocycles. The van der Waals surface area contributed by atoms with E-state index in [0.29, 0.717) is 0 Å². The van der Waals surface area contributed by atoms with E-state index in [9.17, 15) is 31.1 Å². The molecule has 11 heteroatoms. The lowest BCUT2D eigenvalue weighted by Gasteiger charge is -2.38. The van der Waals surface area contributed by atoms with Gasteiger partial charge in [-0.3, -0.25) is 4.79 Å². The number of rotatable bonds is 4. The van der Waals surface area contributed by atoms with E-state index in [1.54, 1.807) is 6.07 Å². The van der Waals surface area contributed by atoms with Crippen molar-refractivity contribution in [1.29, 1.82) is 0 Å². The lowest BCUT2D eigenvalue weighted by atomic mass is 9.87. The van der Waals surface area contributed by atoms with Crippen molar-refractivity contribution in [3.8, 4) is 5.69 Å². The number of hydrogen-bond acceptors (Lipinski definition) is 3. The molecule has 0 radical (unpaired) electrons. The zero-order valence-corrected chi connectivity index (χ0v) is 15.9. The smallest absolute Gasteiger partial charge is 0.383 e. The predicted octanol–water partition coefficient (Wildman–Crippen LogP) is 4.51. The number of nitrogens with one attached hydrogen (secondary N) is 1. The van der Waals surface area contributed by atoms with Gasteiger partial charge in [-0.05, 0) is 31.2 Å². The van der Waals surface area contributed by atoms with Crippen molar-refractivity contribution < 1.29 is 31.1 Å². The number of nitrogens with two attached hydrogens (primary N) is 1. The van der Waals surface area contributed by atoms with Crippen LogP contribution in [0, 0.1) is 6.92 Å². The number of aryl methyl sites for hydroxylation is 1. The monoisotopic (exact) mass is 442 g/mol. The lowest BCUT2D eigenvalue weighted by Crippen LogP contribution is -2.65. The van der Waals surface area contributed by atoms with Crippen molar-refractivity contribution in [1.82, 2.24) is 15.1 Å². The van der Waals surface area contributed by atoms with E-state index < -0.39 is 40.9 Å². The molecule has 0 saturated carbocycles. The number of amides is 1. The van der Waals surface area contributed by atoms with Crippen LogP contribution < -0.4 is 11.1 Å². The van der Waals surface area contributed by atoms with Gasteiger partial charge in [-0.1, -0.05) is 36.4 Å². The van der Waals surface area contributed by atoms with Crippen LogP contribution in [0.2, 0.25) is 0 Å². The molecule has 3 aromatic rings. The van der Waals surface area contributed by atoms with Gasteiger partial charge in [-0.2, -0.15) is 31.4 Å². The maximum atomic E-state index is 14.2. The molecule has 1 amide bonds. The number of nitrogens with zero attached hydrogens (tertiary/aromatic N) is 2. The lowest BCUT2D eigenvalue weighted by molar-refractivity contribution is -0.310. The molecule has 0 fully saturated rings. The summed E-state index contributed by atoms with van der Waals surface area (Å²) in [6.45, 7) is 0.964. The van der Waals surface area contributed by atoms with Crippen molar-refractivity contribution in [2.45, 2.75) is 24.8 Å². The normalized spacial score (nSPS) is 12.6. The average Bonchev–Trinajstić information content (AvgIpc) is 3.00. The summed E-state index contributed by atoms with van der Waals surface area (Å²) in [5.41, 5.74) is -1.26. The van der Waals surface area contributed by atoms with E-state index in [4.69, 9.17) is 5.73 Å². The van der Waals surface area contributed by atoms with Crippen LogP contribution >= 0.6 is 0 Å². The molecule has 0 spiro atoms. The molecule has 1 aromatic heterocycles. The number of alkyl halides is 6. The highest BCUT2D eigenvalue weighted by molar-refractivity contribution is 5.95.